The van der Waals surface area contributed by atoms with Gasteiger partial charge in [0.25, 0.3) is 0 Å². The fourth-order valence-corrected chi connectivity index (χ4v) is 3.36. The van der Waals surface area contributed by atoms with Gasteiger partial charge < -0.3 is 24.3 Å². The van der Waals surface area contributed by atoms with Crippen LogP contribution in [0.15, 0.2) is 35.1 Å². The molecule has 2 aromatic rings. The number of morpholine rings is 1. The number of likely N-dealkylation sites (tertiary alicyclic amines) is 1. The predicted molar refractivity (Wildman–Crippen MR) is 94.5 cm³/mol. The summed E-state index contributed by atoms with van der Waals surface area (Å²) in [6.07, 6.45) is 5.50. The van der Waals surface area contributed by atoms with Gasteiger partial charge >= 0.3 is 6.03 Å². The van der Waals surface area contributed by atoms with Gasteiger partial charge in [-0.05, 0) is 31.0 Å². The number of carbonyl (C=O) groups excluding carboxylic acids is 1. The van der Waals surface area contributed by atoms with Crippen molar-refractivity contribution in [1.29, 1.82) is 0 Å². The number of ether oxygens (including phenoxy) is 1. The largest absolute Gasteiger partial charge is 0.467 e. The molecule has 2 aromatic heterocycles. The molecule has 26 heavy (non-hydrogen) atoms. The molecule has 2 aliphatic heterocycles. The number of amides is 2. The zero-order valence-corrected chi connectivity index (χ0v) is 14.6. The molecule has 0 bridgehead atoms. The number of hydrogen-bond acceptors (Lipinski definition) is 6. The Bertz CT molecular complexity index is 730. The number of urea groups is 1. The molecule has 138 valence electrons. The molecule has 8 nitrogen and oxygen atoms in total. The number of hydrogen-bond donors (Lipinski definition) is 1. The maximum absolute atomic E-state index is 12.9. The average Bonchev–Trinajstić information content (AvgIpc) is 3.40. The summed E-state index contributed by atoms with van der Waals surface area (Å²) in [4.78, 5) is 25.6. The number of rotatable bonds is 4. The van der Waals surface area contributed by atoms with Crippen LogP contribution in [-0.2, 0) is 11.3 Å². The zero-order valence-electron chi connectivity index (χ0n) is 14.6. The van der Waals surface area contributed by atoms with E-state index in [1.165, 1.54) is 0 Å². The van der Waals surface area contributed by atoms with Crippen LogP contribution in [0.4, 0.5) is 10.6 Å². The van der Waals surface area contributed by atoms with E-state index in [1.54, 1.807) is 12.5 Å². The van der Waals surface area contributed by atoms with E-state index in [2.05, 4.69) is 15.3 Å². The third-order valence-electron chi connectivity index (χ3n) is 4.75. The summed E-state index contributed by atoms with van der Waals surface area (Å²) in [5.41, 5.74) is 0. The molecule has 0 saturated carbocycles. The van der Waals surface area contributed by atoms with Crippen LogP contribution < -0.4 is 5.32 Å². The first kappa shape index (κ1) is 16.8. The van der Waals surface area contributed by atoms with E-state index in [-0.39, 0.29) is 12.1 Å². The van der Waals surface area contributed by atoms with Crippen LogP contribution in [-0.4, -0.2) is 58.6 Å². The third-order valence-corrected chi connectivity index (χ3v) is 4.75. The number of furan rings is 1. The van der Waals surface area contributed by atoms with Gasteiger partial charge in [0.2, 0.25) is 0 Å². The molecule has 2 fully saturated rings. The number of anilines is 1. The zero-order chi connectivity index (χ0) is 17.8. The Morgan fingerprint density at radius 3 is 2.96 bits per heavy atom. The Morgan fingerprint density at radius 2 is 2.15 bits per heavy atom. The Hall–Kier alpha value is -2.61. The van der Waals surface area contributed by atoms with Crippen molar-refractivity contribution in [2.75, 3.05) is 38.2 Å². The molecule has 1 atom stereocenters. The molecule has 4 rings (SSSR count). The van der Waals surface area contributed by atoms with E-state index < -0.39 is 0 Å². The number of nitrogens with zero attached hydrogens (tertiary/aromatic N) is 4. The van der Waals surface area contributed by atoms with E-state index in [1.807, 2.05) is 28.0 Å². The lowest BCUT2D eigenvalue weighted by atomic mass is 10.2. The summed E-state index contributed by atoms with van der Waals surface area (Å²) in [6, 6.07) is 5.36. The SMILES string of the molecule is O=C(N1CCCC1)N1CCOCC1c1nccc(NCc2ccco2)n1. The molecule has 0 spiro atoms. The highest BCUT2D eigenvalue weighted by Gasteiger charge is 2.34. The third kappa shape index (κ3) is 3.65. The first-order chi connectivity index (χ1) is 12.8. The van der Waals surface area contributed by atoms with Gasteiger partial charge in [-0.15, -0.1) is 0 Å². The second-order valence-electron chi connectivity index (χ2n) is 6.49. The van der Waals surface area contributed by atoms with Gasteiger partial charge in [-0.3, -0.25) is 0 Å². The average molecular weight is 357 g/mol. The smallest absolute Gasteiger partial charge is 0.320 e. The van der Waals surface area contributed by atoms with Gasteiger partial charge in [0.15, 0.2) is 5.82 Å². The molecule has 2 aliphatic rings. The molecule has 0 radical (unpaired) electrons. The van der Waals surface area contributed by atoms with E-state index >= 15 is 0 Å². The van der Waals surface area contributed by atoms with Crippen LogP contribution >= 0.6 is 0 Å². The summed E-state index contributed by atoms with van der Waals surface area (Å²) in [5.74, 6) is 2.13. The maximum atomic E-state index is 12.9. The maximum Gasteiger partial charge on any atom is 0.320 e. The minimum Gasteiger partial charge on any atom is -0.467 e. The van der Waals surface area contributed by atoms with Crippen molar-refractivity contribution in [3.05, 3.63) is 42.2 Å². The number of carbonyl (C=O) groups is 1. The second-order valence-corrected chi connectivity index (χ2v) is 6.49. The highest BCUT2D eigenvalue weighted by Crippen LogP contribution is 2.25. The van der Waals surface area contributed by atoms with Crippen LogP contribution in [0.3, 0.4) is 0 Å². The molecular weight excluding hydrogens is 334 g/mol. The Labute approximate surface area is 152 Å². The van der Waals surface area contributed by atoms with Gasteiger partial charge in [-0.1, -0.05) is 0 Å². The molecule has 2 saturated heterocycles. The lowest BCUT2D eigenvalue weighted by Crippen LogP contribution is -2.49. The molecular formula is C18H23N5O3. The highest BCUT2D eigenvalue weighted by atomic mass is 16.5. The van der Waals surface area contributed by atoms with Crippen molar-refractivity contribution >= 4 is 11.8 Å². The van der Waals surface area contributed by atoms with Crippen molar-refractivity contribution in [1.82, 2.24) is 19.8 Å². The van der Waals surface area contributed by atoms with Crippen LogP contribution in [0.25, 0.3) is 0 Å². The van der Waals surface area contributed by atoms with E-state index in [0.29, 0.717) is 37.9 Å². The molecule has 1 unspecified atom stereocenters. The Kier molecular flexibility index (Phi) is 5.01. The lowest BCUT2D eigenvalue weighted by Gasteiger charge is -2.37. The van der Waals surface area contributed by atoms with Crippen LogP contribution in [0.1, 0.15) is 30.5 Å². The molecule has 8 heteroatoms. The normalized spacial score (nSPS) is 20.4. The lowest BCUT2D eigenvalue weighted by molar-refractivity contribution is 0.00163. The summed E-state index contributed by atoms with van der Waals surface area (Å²) in [7, 11) is 0. The monoisotopic (exact) mass is 357 g/mol. The van der Waals surface area contributed by atoms with Gasteiger partial charge in [0, 0.05) is 25.8 Å². The number of aromatic nitrogens is 2. The van der Waals surface area contributed by atoms with E-state index in [4.69, 9.17) is 9.15 Å². The topological polar surface area (TPSA) is 83.7 Å². The van der Waals surface area contributed by atoms with Gasteiger partial charge in [0.1, 0.15) is 17.6 Å². The fourth-order valence-electron chi connectivity index (χ4n) is 3.36. The Balaban J connectivity index is 1.48. The van der Waals surface area contributed by atoms with E-state index in [0.717, 1.165) is 31.7 Å². The molecule has 2 amide bonds. The molecule has 1 N–H and O–H groups in total. The standard InChI is InChI=1S/C18H23N5O3/c24-18(22-7-1-2-8-22)23-9-11-25-13-15(23)17-19-6-5-16(21-17)20-12-14-4-3-10-26-14/h3-6,10,15H,1-2,7-9,11-13H2,(H,19,20,21). The summed E-state index contributed by atoms with van der Waals surface area (Å²) < 4.78 is 10.9. The Morgan fingerprint density at radius 1 is 1.27 bits per heavy atom. The minimum atomic E-state index is -0.262. The van der Waals surface area contributed by atoms with Crippen molar-refractivity contribution in [2.24, 2.45) is 0 Å². The minimum absolute atomic E-state index is 0.0633. The van der Waals surface area contributed by atoms with Crippen molar-refractivity contribution in [2.45, 2.75) is 25.4 Å². The van der Waals surface area contributed by atoms with Crippen molar-refractivity contribution in [3.63, 3.8) is 0 Å². The van der Waals surface area contributed by atoms with Gasteiger partial charge in [0.05, 0.1) is 26.0 Å². The van der Waals surface area contributed by atoms with Crippen LogP contribution in [0, 0.1) is 0 Å². The fraction of sp³-hybridized carbons (Fsp3) is 0.500. The van der Waals surface area contributed by atoms with Crippen molar-refractivity contribution < 1.29 is 13.9 Å². The van der Waals surface area contributed by atoms with Crippen LogP contribution in [0.5, 0.6) is 0 Å². The second kappa shape index (κ2) is 7.74. The number of nitrogens with one attached hydrogen (secondary N) is 1. The van der Waals surface area contributed by atoms with Gasteiger partial charge in [-0.25, -0.2) is 14.8 Å². The molecule has 0 aliphatic carbocycles. The molecule has 0 aromatic carbocycles. The first-order valence-electron chi connectivity index (χ1n) is 9.04. The first-order valence-corrected chi connectivity index (χ1v) is 9.04. The highest BCUT2D eigenvalue weighted by molar-refractivity contribution is 5.75. The van der Waals surface area contributed by atoms with Gasteiger partial charge in [-0.2, -0.15) is 0 Å². The van der Waals surface area contributed by atoms with E-state index in [9.17, 15) is 4.79 Å². The predicted octanol–water partition coefficient (Wildman–Crippen LogP) is 2.27. The van der Waals surface area contributed by atoms with Crippen molar-refractivity contribution in [3.8, 4) is 0 Å². The molecule has 4 heterocycles. The quantitative estimate of drug-likeness (QED) is 0.904. The summed E-state index contributed by atoms with van der Waals surface area (Å²) in [5, 5.41) is 3.23. The summed E-state index contributed by atoms with van der Waals surface area (Å²) in [6.45, 7) is 3.73. The summed E-state index contributed by atoms with van der Waals surface area (Å²) >= 11 is 0. The van der Waals surface area contributed by atoms with Crippen LogP contribution in [0.2, 0.25) is 0 Å².